The Hall–Kier alpha value is -3.75. The van der Waals surface area contributed by atoms with Crippen LogP contribution in [0.4, 0.5) is 5.13 Å². The van der Waals surface area contributed by atoms with Gasteiger partial charge in [-0.1, -0.05) is 23.9 Å². The molecular formula is C23H22N4O5S2. The van der Waals surface area contributed by atoms with Gasteiger partial charge >= 0.3 is 0 Å². The number of nitrogens with zero attached hydrogens (tertiary/aromatic N) is 3. The summed E-state index contributed by atoms with van der Waals surface area (Å²) in [5.74, 6) is 1.79. The van der Waals surface area contributed by atoms with Gasteiger partial charge in [0.25, 0.3) is 5.91 Å². The summed E-state index contributed by atoms with van der Waals surface area (Å²) in [6.07, 6.45) is 3.30. The first-order valence-electron chi connectivity index (χ1n) is 9.94. The van der Waals surface area contributed by atoms with Crippen LogP contribution in [-0.4, -0.2) is 49.0 Å². The van der Waals surface area contributed by atoms with Crippen molar-refractivity contribution >= 4 is 40.4 Å². The maximum Gasteiger partial charge on any atom is 0.268 e. The van der Waals surface area contributed by atoms with Crippen LogP contribution in [0.25, 0.3) is 6.08 Å². The molecule has 0 atom stereocenters. The second kappa shape index (κ2) is 12.5. The van der Waals surface area contributed by atoms with E-state index in [4.69, 9.17) is 18.9 Å². The van der Waals surface area contributed by atoms with Crippen molar-refractivity contribution in [1.29, 1.82) is 5.26 Å². The molecule has 1 aromatic heterocycles. The topological polar surface area (TPSA) is 116 Å². The average molecular weight is 499 g/mol. The number of methoxy groups -OCH3 is 2. The molecule has 9 nitrogen and oxygen atoms in total. The molecule has 0 aliphatic rings. The first-order valence-corrected chi connectivity index (χ1v) is 11.9. The number of anilines is 1. The summed E-state index contributed by atoms with van der Waals surface area (Å²) in [5, 5.41) is 12.9. The van der Waals surface area contributed by atoms with Crippen LogP contribution < -0.4 is 24.3 Å². The SMILES string of the molecule is COc1cccc(OCCOc2ccc(/C=C(/C#N)C(=O)Nc3nc(SC)ns3)cc2OC)c1. The zero-order valence-corrected chi connectivity index (χ0v) is 20.4. The van der Waals surface area contributed by atoms with Gasteiger partial charge in [-0.25, -0.2) is 0 Å². The van der Waals surface area contributed by atoms with Crippen molar-refractivity contribution in [3.63, 3.8) is 0 Å². The van der Waals surface area contributed by atoms with Crippen LogP contribution in [-0.2, 0) is 4.79 Å². The molecule has 0 unspecified atom stereocenters. The number of amides is 1. The van der Waals surface area contributed by atoms with Crippen molar-refractivity contribution in [1.82, 2.24) is 9.36 Å². The zero-order valence-electron chi connectivity index (χ0n) is 18.7. The molecule has 0 spiro atoms. The predicted octanol–water partition coefficient (Wildman–Crippen LogP) is 4.28. The number of carbonyl (C=O) groups is 1. The van der Waals surface area contributed by atoms with E-state index in [9.17, 15) is 10.1 Å². The number of carbonyl (C=O) groups excluding carboxylic acids is 1. The minimum absolute atomic E-state index is 0.0803. The van der Waals surface area contributed by atoms with Gasteiger partial charge in [-0.15, -0.1) is 0 Å². The predicted molar refractivity (Wildman–Crippen MR) is 131 cm³/mol. The number of benzene rings is 2. The molecular weight excluding hydrogens is 476 g/mol. The summed E-state index contributed by atoms with van der Waals surface area (Å²) in [5.41, 5.74) is 0.522. The monoisotopic (exact) mass is 498 g/mol. The molecule has 0 aliphatic carbocycles. The van der Waals surface area contributed by atoms with Crippen molar-refractivity contribution in [2.24, 2.45) is 0 Å². The van der Waals surface area contributed by atoms with Crippen LogP contribution in [0.3, 0.4) is 0 Å². The quantitative estimate of drug-likeness (QED) is 0.179. The minimum Gasteiger partial charge on any atom is -0.497 e. The standard InChI is InChI=1S/C23H22N4O5S2/c1-29-17-5-4-6-18(13-17)31-9-10-32-19-8-7-15(12-20(19)30-2)11-16(14-24)21(28)25-22-26-23(33-3)27-34-22/h4-8,11-13H,9-10H2,1-3H3,(H,25,26,27,28)/b16-11-. The molecule has 0 fully saturated rings. The summed E-state index contributed by atoms with van der Waals surface area (Å²) in [6, 6.07) is 14.3. The number of nitriles is 1. The Morgan fingerprint density at radius 1 is 1.12 bits per heavy atom. The third-order valence-electron chi connectivity index (χ3n) is 4.33. The van der Waals surface area contributed by atoms with E-state index in [1.165, 1.54) is 24.9 Å². The molecule has 0 saturated heterocycles. The summed E-state index contributed by atoms with van der Waals surface area (Å²) < 4.78 is 26.1. The van der Waals surface area contributed by atoms with Gasteiger partial charge < -0.3 is 18.9 Å². The van der Waals surface area contributed by atoms with Crippen LogP contribution in [0.5, 0.6) is 23.0 Å². The smallest absolute Gasteiger partial charge is 0.268 e. The fourth-order valence-corrected chi connectivity index (χ4v) is 3.84. The van der Waals surface area contributed by atoms with Gasteiger partial charge in [-0.05, 0) is 42.2 Å². The lowest BCUT2D eigenvalue weighted by Gasteiger charge is -2.12. The Bertz CT molecular complexity index is 1210. The lowest BCUT2D eigenvalue weighted by Crippen LogP contribution is -2.13. The van der Waals surface area contributed by atoms with Crippen LogP contribution in [0.1, 0.15) is 5.56 Å². The van der Waals surface area contributed by atoms with Gasteiger partial charge in [-0.2, -0.15) is 14.6 Å². The average Bonchev–Trinajstić information content (AvgIpc) is 3.33. The van der Waals surface area contributed by atoms with E-state index in [1.807, 2.05) is 30.5 Å². The third-order valence-corrected chi connectivity index (χ3v) is 5.62. The molecule has 0 bridgehead atoms. The minimum atomic E-state index is -0.569. The molecule has 1 amide bonds. The fourth-order valence-electron chi connectivity index (χ4n) is 2.72. The Morgan fingerprint density at radius 2 is 1.91 bits per heavy atom. The largest absolute Gasteiger partial charge is 0.497 e. The van der Waals surface area contributed by atoms with Crippen molar-refractivity contribution in [3.05, 3.63) is 53.6 Å². The van der Waals surface area contributed by atoms with E-state index in [2.05, 4.69) is 14.7 Å². The van der Waals surface area contributed by atoms with Crippen molar-refractivity contribution in [2.45, 2.75) is 5.16 Å². The highest BCUT2D eigenvalue weighted by Gasteiger charge is 2.13. The highest BCUT2D eigenvalue weighted by molar-refractivity contribution is 7.98. The zero-order chi connectivity index (χ0) is 24.3. The maximum absolute atomic E-state index is 12.5. The lowest BCUT2D eigenvalue weighted by atomic mass is 10.1. The molecule has 3 rings (SSSR count). The van der Waals surface area contributed by atoms with E-state index in [1.54, 1.807) is 31.4 Å². The Morgan fingerprint density at radius 3 is 2.62 bits per heavy atom. The number of rotatable bonds is 11. The van der Waals surface area contributed by atoms with E-state index < -0.39 is 5.91 Å². The molecule has 11 heteroatoms. The number of hydrogen-bond donors (Lipinski definition) is 1. The molecule has 1 N–H and O–H groups in total. The molecule has 34 heavy (non-hydrogen) atoms. The highest BCUT2D eigenvalue weighted by Crippen LogP contribution is 2.29. The molecule has 3 aromatic rings. The van der Waals surface area contributed by atoms with Gasteiger partial charge in [0.15, 0.2) is 11.5 Å². The Labute approximate surface area is 205 Å². The summed E-state index contributed by atoms with van der Waals surface area (Å²) >= 11 is 2.42. The Balaban J connectivity index is 1.61. The van der Waals surface area contributed by atoms with Gasteiger partial charge in [0.1, 0.15) is 36.4 Å². The normalized spacial score (nSPS) is 10.8. The van der Waals surface area contributed by atoms with Crippen molar-refractivity contribution < 1.29 is 23.7 Å². The number of ether oxygens (including phenoxy) is 4. The van der Waals surface area contributed by atoms with Crippen LogP contribution in [0.2, 0.25) is 0 Å². The molecule has 0 saturated carbocycles. The first kappa shape index (κ1) is 24.9. The molecule has 1 heterocycles. The number of nitrogens with one attached hydrogen (secondary N) is 1. The highest BCUT2D eigenvalue weighted by atomic mass is 32.2. The van der Waals surface area contributed by atoms with Crippen molar-refractivity contribution in [2.75, 3.05) is 39.0 Å². The third kappa shape index (κ3) is 6.87. The van der Waals surface area contributed by atoms with Crippen LogP contribution >= 0.6 is 23.3 Å². The molecule has 2 aromatic carbocycles. The maximum atomic E-state index is 12.5. The van der Waals surface area contributed by atoms with Gasteiger partial charge in [-0.3, -0.25) is 10.1 Å². The Kier molecular flexibility index (Phi) is 9.13. The number of thioether (sulfide) groups is 1. The molecule has 0 radical (unpaired) electrons. The second-order valence-electron chi connectivity index (χ2n) is 6.50. The van der Waals surface area contributed by atoms with E-state index in [-0.39, 0.29) is 12.2 Å². The lowest BCUT2D eigenvalue weighted by molar-refractivity contribution is -0.112. The van der Waals surface area contributed by atoms with E-state index in [0.29, 0.717) is 45.5 Å². The molecule has 176 valence electrons. The van der Waals surface area contributed by atoms with Gasteiger partial charge in [0.2, 0.25) is 10.3 Å². The summed E-state index contributed by atoms with van der Waals surface area (Å²) in [6.45, 7) is 0.606. The van der Waals surface area contributed by atoms with Gasteiger partial charge in [0, 0.05) is 17.6 Å². The van der Waals surface area contributed by atoms with Crippen molar-refractivity contribution in [3.8, 4) is 29.1 Å². The summed E-state index contributed by atoms with van der Waals surface area (Å²) in [4.78, 5) is 16.6. The van der Waals surface area contributed by atoms with Crippen LogP contribution in [0.15, 0.2) is 53.2 Å². The number of aromatic nitrogens is 2. The summed E-state index contributed by atoms with van der Waals surface area (Å²) in [7, 11) is 3.11. The second-order valence-corrected chi connectivity index (χ2v) is 8.02. The van der Waals surface area contributed by atoms with Gasteiger partial charge in [0.05, 0.1) is 14.2 Å². The van der Waals surface area contributed by atoms with Crippen LogP contribution in [0, 0.1) is 11.3 Å². The van der Waals surface area contributed by atoms with E-state index >= 15 is 0 Å². The fraction of sp³-hybridized carbons (Fsp3) is 0.217. The number of hydrogen-bond acceptors (Lipinski definition) is 10. The van der Waals surface area contributed by atoms with E-state index in [0.717, 1.165) is 11.5 Å². The first-order chi connectivity index (χ1) is 16.6. The molecule has 0 aliphatic heterocycles.